The van der Waals surface area contributed by atoms with Crippen LogP contribution in [0.15, 0.2) is 0 Å². The molecule has 0 unspecified atom stereocenters. The van der Waals surface area contributed by atoms with E-state index in [1.165, 1.54) is 14.1 Å². The molecule has 0 aromatic carbocycles. The van der Waals surface area contributed by atoms with Crippen molar-refractivity contribution in [1.29, 1.82) is 0 Å². The van der Waals surface area contributed by atoms with Gasteiger partial charge in [-0.25, -0.2) is 0 Å². The zero-order valence-corrected chi connectivity index (χ0v) is 13.8. The van der Waals surface area contributed by atoms with E-state index in [-0.39, 0.29) is 0 Å². The summed E-state index contributed by atoms with van der Waals surface area (Å²) in [7, 11) is 2.38. The molecule has 2 heterocycles. The van der Waals surface area contributed by atoms with E-state index in [4.69, 9.17) is 0 Å². The van der Waals surface area contributed by atoms with Crippen LogP contribution in [0.3, 0.4) is 0 Å². The van der Waals surface area contributed by atoms with Gasteiger partial charge in [-0.3, -0.25) is 29.0 Å². The lowest BCUT2D eigenvalue weighted by Crippen LogP contribution is -2.44. The average molecular weight is 390 g/mol. The Bertz CT molecular complexity index is 513. The Balaban J connectivity index is 0.000000260. The molecule has 0 saturated carbocycles. The standard InChI is InChI=1S/2C7H8F3NO2/c2*1-11-5(12)2-4(3-6(11)13)7(8,9)10/h2*4H,2-3H2,1H3. The molecular formula is C14H16F6N2O4. The van der Waals surface area contributed by atoms with Gasteiger partial charge in [-0.05, 0) is 0 Å². The smallest absolute Gasteiger partial charge is 0.286 e. The molecule has 0 bridgehead atoms. The van der Waals surface area contributed by atoms with Crippen LogP contribution < -0.4 is 0 Å². The van der Waals surface area contributed by atoms with E-state index >= 15 is 0 Å². The van der Waals surface area contributed by atoms with Gasteiger partial charge in [0.15, 0.2) is 0 Å². The second-order valence-corrected chi connectivity index (χ2v) is 5.99. The SMILES string of the molecule is CN1C(=O)CC(C(F)(F)F)CC1=O.CN1C(=O)CC(C(F)(F)F)CC1=O. The molecule has 6 nitrogen and oxygen atoms in total. The minimum Gasteiger partial charge on any atom is -0.286 e. The molecule has 0 spiro atoms. The van der Waals surface area contributed by atoms with Gasteiger partial charge in [0.2, 0.25) is 23.6 Å². The van der Waals surface area contributed by atoms with Crippen LogP contribution in [-0.2, 0) is 19.2 Å². The van der Waals surface area contributed by atoms with Crippen LogP contribution in [-0.4, -0.2) is 59.9 Å². The number of hydrogen-bond donors (Lipinski definition) is 0. The highest BCUT2D eigenvalue weighted by molar-refractivity contribution is 5.98. The van der Waals surface area contributed by atoms with Crippen LogP contribution in [0, 0.1) is 11.8 Å². The molecule has 2 aliphatic heterocycles. The Hall–Kier alpha value is -2.14. The quantitative estimate of drug-likeness (QED) is 0.468. The van der Waals surface area contributed by atoms with E-state index < -0.39 is 73.5 Å². The number of amides is 4. The van der Waals surface area contributed by atoms with E-state index in [2.05, 4.69) is 0 Å². The van der Waals surface area contributed by atoms with Crippen molar-refractivity contribution in [3.8, 4) is 0 Å². The molecule has 0 N–H and O–H groups in total. The third kappa shape index (κ3) is 5.43. The van der Waals surface area contributed by atoms with Crippen molar-refractivity contribution < 1.29 is 45.5 Å². The van der Waals surface area contributed by atoms with E-state index in [9.17, 15) is 45.5 Å². The second kappa shape index (κ2) is 7.62. The van der Waals surface area contributed by atoms with Gasteiger partial charge >= 0.3 is 12.4 Å². The zero-order valence-electron chi connectivity index (χ0n) is 13.8. The molecule has 2 aliphatic rings. The van der Waals surface area contributed by atoms with E-state index in [1.54, 1.807) is 0 Å². The number of nitrogens with zero attached hydrogens (tertiary/aromatic N) is 2. The van der Waals surface area contributed by atoms with Crippen LogP contribution in [0.4, 0.5) is 26.3 Å². The molecule has 148 valence electrons. The number of carbonyl (C=O) groups excluding carboxylic acids is 4. The summed E-state index contributed by atoms with van der Waals surface area (Å²) in [6, 6.07) is 0. The highest BCUT2D eigenvalue weighted by Gasteiger charge is 2.47. The van der Waals surface area contributed by atoms with Gasteiger partial charge < -0.3 is 0 Å². The van der Waals surface area contributed by atoms with E-state index in [0.29, 0.717) is 0 Å². The monoisotopic (exact) mass is 390 g/mol. The third-order valence-electron chi connectivity index (χ3n) is 4.11. The van der Waals surface area contributed by atoms with Crippen molar-refractivity contribution in [2.45, 2.75) is 38.0 Å². The number of likely N-dealkylation sites (tertiary alicyclic amines) is 2. The molecule has 2 rings (SSSR count). The van der Waals surface area contributed by atoms with Crippen molar-refractivity contribution in [3.05, 3.63) is 0 Å². The van der Waals surface area contributed by atoms with Crippen molar-refractivity contribution in [1.82, 2.24) is 9.80 Å². The van der Waals surface area contributed by atoms with Gasteiger partial charge in [0.05, 0.1) is 11.8 Å². The fourth-order valence-electron chi connectivity index (χ4n) is 2.28. The summed E-state index contributed by atoms with van der Waals surface area (Å²) in [6.07, 6.45) is -11.4. The summed E-state index contributed by atoms with van der Waals surface area (Å²) in [5.41, 5.74) is 0. The van der Waals surface area contributed by atoms with Crippen molar-refractivity contribution in [2.75, 3.05) is 14.1 Å². The van der Waals surface area contributed by atoms with Gasteiger partial charge in [0.1, 0.15) is 0 Å². The molecule has 26 heavy (non-hydrogen) atoms. The largest absolute Gasteiger partial charge is 0.392 e. The van der Waals surface area contributed by atoms with Crippen LogP contribution in [0.25, 0.3) is 0 Å². The van der Waals surface area contributed by atoms with Crippen molar-refractivity contribution in [2.24, 2.45) is 11.8 Å². The number of halogens is 6. The molecule has 0 aromatic rings. The van der Waals surface area contributed by atoms with Crippen LogP contribution >= 0.6 is 0 Å². The molecule has 0 radical (unpaired) electrons. The number of imide groups is 2. The molecule has 2 fully saturated rings. The summed E-state index contributed by atoms with van der Waals surface area (Å²) < 4.78 is 72.6. The maximum atomic E-state index is 12.1. The lowest BCUT2D eigenvalue weighted by Gasteiger charge is -2.28. The molecule has 0 aliphatic carbocycles. The van der Waals surface area contributed by atoms with Crippen LogP contribution in [0.1, 0.15) is 25.7 Å². The molecule has 2 saturated heterocycles. The highest BCUT2D eigenvalue weighted by Crippen LogP contribution is 2.35. The van der Waals surface area contributed by atoms with Gasteiger partial charge in [-0.15, -0.1) is 0 Å². The predicted molar refractivity (Wildman–Crippen MR) is 73.1 cm³/mol. The number of carbonyl (C=O) groups is 4. The number of hydrogen-bond acceptors (Lipinski definition) is 4. The summed E-state index contributed by atoms with van der Waals surface area (Å²) in [5, 5.41) is 0. The highest BCUT2D eigenvalue weighted by atomic mass is 19.4. The van der Waals surface area contributed by atoms with Crippen molar-refractivity contribution in [3.63, 3.8) is 0 Å². The Kier molecular flexibility index (Phi) is 6.42. The third-order valence-corrected chi connectivity index (χ3v) is 4.11. The topological polar surface area (TPSA) is 74.8 Å². The normalized spacial score (nSPS) is 21.1. The second-order valence-electron chi connectivity index (χ2n) is 5.99. The fraction of sp³-hybridized carbons (Fsp3) is 0.714. The maximum absolute atomic E-state index is 12.1. The van der Waals surface area contributed by atoms with Gasteiger partial charge in [-0.2, -0.15) is 26.3 Å². The van der Waals surface area contributed by atoms with E-state index in [1.807, 2.05) is 0 Å². The molecule has 0 atom stereocenters. The Labute approximate surface area is 144 Å². The fourth-order valence-corrected chi connectivity index (χ4v) is 2.28. The van der Waals surface area contributed by atoms with Gasteiger partial charge in [-0.1, -0.05) is 0 Å². The Morgan fingerprint density at radius 2 is 0.808 bits per heavy atom. The number of piperidine rings is 2. The minimum absolute atomic E-state index is 0.619. The molecule has 0 aromatic heterocycles. The predicted octanol–water partition coefficient (Wildman–Crippen LogP) is 1.89. The van der Waals surface area contributed by atoms with Crippen molar-refractivity contribution >= 4 is 23.6 Å². The lowest BCUT2D eigenvalue weighted by atomic mass is 9.95. The summed E-state index contributed by atoms with van der Waals surface area (Å²) in [6.45, 7) is 0. The summed E-state index contributed by atoms with van der Waals surface area (Å²) >= 11 is 0. The minimum atomic E-state index is -4.45. The van der Waals surface area contributed by atoms with Crippen LogP contribution in [0.5, 0.6) is 0 Å². The molecular weight excluding hydrogens is 374 g/mol. The lowest BCUT2D eigenvalue weighted by molar-refractivity contribution is -0.192. The van der Waals surface area contributed by atoms with Gasteiger partial charge in [0, 0.05) is 39.8 Å². The first kappa shape index (κ1) is 21.9. The summed E-state index contributed by atoms with van der Waals surface area (Å²) in [4.78, 5) is 44.9. The van der Waals surface area contributed by atoms with Crippen LogP contribution in [0.2, 0.25) is 0 Å². The van der Waals surface area contributed by atoms with E-state index in [0.717, 1.165) is 9.80 Å². The zero-order chi connectivity index (χ0) is 20.4. The Morgan fingerprint density at radius 3 is 0.962 bits per heavy atom. The first-order valence-electron chi connectivity index (χ1n) is 7.36. The molecule has 12 heteroatoms. The Morgan fingerprint density at radius 1 is 0.615 bits per heavy atom. The maximum Gasteiger partial charge on any atom is 0.392 e. The number of rotatable bonds is 0. The first-order chi connectivity index (χ1) is 11.6. The number of alkyl halides is 6. The summed E-state index contributed by atoms with van der Waals surface area (Å²) in [5.74, 6) is -6.67. The van der Waals surface area contributed by atoms with Gasteiger partial charge in [0.25, 0.3) is 0 Å². The average Bonchev–Trinajstić information content (AvgIpc) is 2.48. The first-order valence-corrected chi connectivity index (χ1v) is 7.36. The molecule has 4 amide bonds.